The van der Waals surface area contributed by atoms with E-state index in [4.69, 9.17) is 14.6 Å². The molecule has 1 atom stereocenters. The highest BCUT2D eigenvalue weighted by molar-refractivity contribution is 5.73. The van der Waals surface area contributed by atoms with Gasteiger partial charge in [0.1, 0.15) is 0 Å². The molecule has 0 aromatic rings. The van der Waals surface area contributed by atoms with Gasteiger partial charge in [0, 0.05) is 6.54 Å². The second-order valence-corrected chi connectivity index (χ2v) is 3.40. The second-order valence-electron chi connectivity index (χ2n) is 3.40. The zero-order chi connectivity index (χ0) is 12.8. The van der Waals surface area contributed by atoms with Crippen LogP contribution in [0.1, 0.15) is 6.92 Å². The summed E-state index contributed by atoms with van der Waals surface area (Å²) in [4.78, 5) is 8.90. The molecule has 0 bridgehead atoms. The van der Waals surface area contributed by atoms with Gasteiger partial charge in [-0.05, 0) is 6.92 Å². The largest absolute Gasteiger partial charge is 0.490 e. The van der Waals surface area contributed by atoms with E-state index in [0.717, 1.165) is 19.8 Å². The summed E-state index contributed by atoms with van der Waals surface area (Å²) >= 11 is 0. The fourth-order valence-electron chi connectivity index (χ4n) is 0.875. The van der Waals surface area contributed by atoms with Crippen molar-refractivity contribution in [1.29, 1.82) is 0 Å². The highest BCUT2D eigenvalue weighted by Crippen LogP contribution is 2.13. The van der Waals surface area contributed by atoms with Crippen LogP contribution in [-0.2, 0) is 9.53 Å². The number of ether oxygens (including phenoxy) is 1. The van der Waals surface area contributed by atoms with Gasteiger partial charge >= 0.3 is 12.1 Å². The molecule has 0 radical (unpaired) electrons. The molecule has 1 aliphatic heterocycles. The number of hydrogen-bond donors (Lipinski definition) is 2. The Hall–Kier alpha value is -1.08. The van der Waals surface area contributed by atoms with Crippen molar-refractivity contribution in [2.24, 2.45) is 0 Å². The molecule has 16 heavy (non-hydrogen) atoms. The van der Waals surface area contributed by atoms with Crippen molar-refractivity contribution < 1.29 is 27.8 Å². The minimum atomic E-state index is -5.08. The summed E-state index contributed by atoms with van der Waals surface area (Å²) in [5.74, 6) is -2.76. The van der Waals surface area contributed by atoms with Crippen molar-refractivity contribution in [2.45, 2.75) is 18.6 Å². The van der Waals surface area contributed by atoms with Crippen LogP contribution in [0.25, 0.3) is 0 Å². The minimum Gasteiger partial charge on any atom is -0.475 e. The van der Waals surface area contributed by atoms with Crippen molar-refractivity contribution >= 4 is 5.97 Å². The maximum atomic E-state index is 10.6. The maximum absolute atomic E-state index is 10.6. The fourth-order valence-corrected chi connectivity index (χ4v) is 0.875. The molecule has 0 spiro atoms. The first-order chi connectivity index (χ1) is 7.21. The lowest BCUT2D eigenvalue weighted by atomic mass is 10.0. The number of aliphatic carboxylic acids is 1. The van der Waals surface area contributed by atoms with Crippen LogP contribution >= 0.6 is 0 Å². The Bertz CT molecular complexity index is 247. The van der Waals surface area contributed by atoms with Crippen LogP contribution < -0.4 is 5.32 Å². The van der Waals surface area contributed by atoms with E-state index in [0.29, 0.717) is 0 Å². The summed E-state index contributed by atoms with van der Waals surface area (Å²) < 4.78 is 37.0. The molecule has 1 saturated heterocycles. The van der Waals surface area contributed by atoms with Gasteiger partial charge in [0.05, 0.1) is 18.8 Å². The quantitative estimate of drug-likeness (QED) is 0.677. The SMILES string of the molecule is C=CC1(C)COCCN1.O=C(O)C(F)(F)F. The van der Waals surface area contributed by atoms with Gasteiger partial charge in [-0.25, -0.2) is 4.79 Å². The van der Waals surface area contributed by atoms with Crippen LogP contribution in [-0.4, -0.2) is 42.5 Å². The minimum absolute atomic E-state index is 0.0122. The lowest BCUT2D eigenvalue weighted by molar-refractivity contribution is -0.192. The number of hydrogen-bond acceptors (Lipinski definition) is 3. The average molecular weight is 241 g/mol. The highest BCUT2D eigenvalue weighted by Gasteiger charge is 2.38. The van der Waals surface area contributed by atoms with E-state index in [9.17, 15) is 13.2 Å². The first-order valence-corrected chi connectivity index (χ1v) is 4.48. The summed E-state index contributed by atoms with van der Waals surface area (Å²) in [6.07, 6.45) is -3.19. The lowest BCUT2D eigenvalue weighted by Crippen LogP contribution is -2.50. The normalized spacial score (nSPS) is 25.2. The summed E-state index contributed by atoms with van der Waals surface area (Å²) in [6.45, 7) is 8.30. The molecular weight excluding hydrogens is 227 g/mol. The molecule has 94 valence electrons. The van der Waals surface area contributed by atoms with E-state index in [1.165, 1.54) is 0 Å². The molecule has 1 aliphatic rings. The number of carbonyl (C=O) groups is 1. The van der Waals surface area contributed by atoms with Crippen molar-refractivity contribution in [3.8, 4) is 0 Å². The molecule has 1 rings (SSSR count). The van der Waals surface area contributed by atoms with Gasteiger partial charge in [0.25, 0.3) is 0 Å². The number of alkyl halides is 3. The van der Waals surface area contributed by atoms with E-state index in [1.807, 2.05) is 6.08 Å². The van der Waals surface area contributed by atoms with Crippen molar-refractivity contribution in [3.05, 3.63) is 12.7 Å². The predicted octanol–water partition coefficient (Wildman–Crippen LogP) is 1.18. The fraction of sp³-hybridized carbons (Fsp3) is 0.667. The second kappa shape index (κ2) is 5.86. The summed E-state index contributed by atoms with van der Waals surface area (Å²) in [5, 5.41) is 10.4. The van der Waals surface area contributed by atoms with E-state index < -0.39 is 12.1 Å². The average Bonchev–Trinajstić information content (AvgIpc) is 2.18. The summed E-state index contributed by atoms with van der Waals surface area (Å²) in [6, 6.07) is 0. The van der Waals surface area contributed by atoms with Crippen LogP contribution in [0.15, 0.2) is 12.7 Å². The smallest absolute Gasteiger partial charge is 0.475 e. The Morgan fingerprint density at radius 3 is 2.31 bits per heavy atom. The highest BCUT2D eigenvalue weighted by atomic mass is 19.4. The zero-order valence-corrected chi connectivity index (χ0v) is 8.80. The molecule has 0 aliphatic carbocycles. The maximum Gasteiger partial charge on any atom is 0.490 e. The number of halogens is 3. The van der Waals surface area contributed by atoms with Gasteiger partial charge in [-0.15, -0.1) is 6.58 Å². The number of rotatable bonds is 1. The van der Waals surface area contributed by atoms with Gasteiger partial charge in [0.2, 0.25) is 0 Å². The molecule has 1 unspecified atom stereocenters. The predicted molar refractivity (Wildman–Crippen MR) is 51.1 cm³/mol. The topological polar surface area (TPSA) is 58.6 Å². The summed E-state index contributed by atoms with van der Waals surface area (Å²) in [5.41, 5.74) is 0.0122. The molecule has 4 nitrogen and oxygen atoms in total. The molecule has 0 aromatic carbocycles. The van der Waals surface area contributed by atoms with Crippen molar-refractivity contribution in [1.82, 2.24) is 5.32 Å². The van der Waals surface area contributed by atoms with Gasteiger partial charge in [-0.3, -0.25) is 0 Å². The van der Waals surface area contributed by atoms with E-state index in [-0.39, 0.29) is 5.54 Å². The Balaban J connectivity index is 0.000000293. The molecule has 2 N–H and O–H groups in total. The van der Waals surface area contributed by atoms with Gasteiger partial charge in [0.15, 0.2) is 0 Å². The van der Waals surface area contributed by atoms with Gasteiger partial charge in [-0.1, -0.05) is 6.08 Å². The Labute approximate surface area is 91.1 Å². The van der Waals surface area contributed by atoms with Crippen molar-refractivity contribution in [2.75, 3.05) is 19.8 Å². The standard InChI is InChI=1S/C7H13NO.C2HF3O2/c1-3-7(2)6-9-5-4-8-7;3-2(4,5)1(6)7/h3,8H,1,4-6H2,2H3;(H,6,7). The first-order valence-electron chi connectivity index (χ1n) is 4.48. The van der Waals surface area contributed by atoms with E-state index in [1.54, 1.807) is 0 Å². The number of morpholine rings is 1. The molecule has 0 aromatic heterocycles. The van der Waals surface area contributed by atoms with Crippen LogP contribution in [0, 0.1) is 0 Å². The van der Waals surface area contributed by atoms with Crippen LogP contribution in [0.5, 0.6) is 0 Å². The Morgan fingerprint density at radius 1 is 1.62 bits per heavy atom. The molecular formula is C9H14F3NO3. The Morgan fingerprint density at radius 2 is 2.12 bits per heavy atom. The van der Waals surface area contributed by atoms with E-state index in [2.05, 4.69) is 18.8 Å². The molecule has 7 heteroatoms. The Kier molecular flexibility index (Phi) is 5.46. The van der Waals surface area contributed by atoms with Crippen LogP contribution in [0.4, 0.5) is 13.2 Å². The first kappa shape index (κ1) is 14.9. The molecule has 1 fully saturated rings. The van der Waals surface area contributed by atoms with Gasteiger partial charge < -0.3 is 15.2 Å². The third-order valence-corrected chi connectivity index (χ3v) is 1.87. The third kappa shape index (κ3) is 5.72. The third-order valence-electron chi connectivity index (χ3n) is 1.87. The van der Waals surface area contributed by atoms with Gasteiger partial charge in [-0.2, -0.15) is 13.2 Å². The number of nitrogens with one attached hydrogen (secondary N) is 1. The lowest BCUT2D eigenvalue weighted by Gasteiger charge is -2.31. The number of carboxylic acid groups (broad SMARTS) is 1. The van der Waals surface area contributed by atoms with E-state index >= 15 is 0 Å². The zero-order valence-electron chi connectivity index (χ0n) is 8.80. The molecule has 0 saturated carbocycles. The molecule has 1 heterocycles. The number of carboxylic acids is 1. The van der Waals surface area contributed by atoms with Crippen molar-refractivity contribution in [3.63, 3.8) is 0 Å². The monoisotopic (exact) mass is 241 g/mol. The van der Waals surface area contributed by atoms with Crippen LogP contribution in [0.2, 0.25) is 0 Å². The van der Waals surface area contributed by atoms with Crippen LogP contribution in [0.3, 0.4) is 0 Å². The summed E-state index contributed by atoms with van der Waals surface area (Å²) in [7, 11) is 0. The molecule has 0 amide bonds.